The lowest BCUT2D eigenvalue weighted by molar-refractivity contribution is 0.313. The van der Waals surface area contributed by atoms with Crippen molar-refractivity contribution in [3.05, 3.63) is 64.2 Å². The monoisotopic (exact) mass is 324 g/mol. The first-order chi connectivity index (χ1) is 11.1. The van der Waals surface area contributed by atoms with Gasteiger partial charge in [0, 0.05) is 47.7 Å². The van der Waals surface area contributed by atoms with Crippen LogP contribution in [-0.4, -0.2) is 32.1 Å². The summed E-state index contributed by atoms with van der Waals surface area (Å²) in [6.07, 6.45) is 2.27. The molecule has 0 aromatic heterocycles. The molecule has 4 rings (SSSR count). The molecule has 0 bridgehead atoms. The van der Waals surface area contributed by atoms with Crippen LogP contribution in [0.3, 0.4) is 0 Å². The van der Waals surface area contributed by atoms with Crippen LogP contribution in [0.1, 0.15) is 24.0 Å². The van der Waals surface area contributed by atoms with E-state index in [1.807, 2.05) is 6.07 Å². The molecule has 118 valence electrons. The molecule has 2 aromatic carbocycles. The highest BCUT2D eigenvalue weighted by Gasteiger charge is 2.27. The molecule has 0 spiro atoms. The normalized spacial score (nSPS) is 18.0. The fourth-order valence-corrected chi connectivity index (χ4v) is 3.94. The third-order valence-corrected chi connectivity index (χ3v) is 5.30. The van der Waals surface area contributed by atoms with Crippen LogP contribution in [0, 0.1) is 0 Å². The molecule has 0 amide bonds. The van der Waals surface area contributed by atoms with E-state index in [1.165, 1.54) is 28.1 Å². The van der Waals surface area contributed by atoms with Gasteiger partial charge in [0.1, 0.15) is 0 Å². The molecular formula is C20H21ClN2. The van der Waals surface area contributed by atoms with Crippen molar-refractivity contribution in [1.82, 2.24) is 4.90 Å². The average molecular weight is 325 g/mol. The number of piperidine rings is 1. The molecule has 0 aliphatic carbocycles. The van der Waals surface area contributed by atoms with E-state index in [0.29, 0.717) is 0 Å². The fourth-order valence-electron chi connectivity index (χ4n) is 3.77. The second-order valence-corrected chi connectivity index (χ2v) is 6.96. The molecule has 2 aliphatic rings. The lowest BCUT2D eigenvalue weighted by Gasteiger charge is -2.35. The van der Waals surface area contributed by atoms with Crippen molar-refractivity contribution < 1.29 is 0 Å². The van der Waals surface area contributed by atoms with Crippen molar-refractivity contribution in [3.63, 3.8) is 0 Å². The summed E-state index contributed by atoms with van der Waals surface area (Å²) in [6, 6.07) is 15.0. The zero-order valence-corrected chi connectivity index (χ0v) is 14.4. The van der Waals surface area contributed by atoms with Crippen LogP contribution in [0.2, 0.25) is 5.02 Å². The van der Waals surface area contributed by atoms with E-state index in [0.717, 1.165) is 31.0 Å². The second kappa shape index (κ2) is 5.70. The molecule has 2 aromatic rings. The Bertz CT molecular complexity index is 784. The van der Waals surface area contributed by atoms with Crippen LogP contribution < -0.4 is 4.90 Å². The van der Waals surface area contributed by atoms with Crippen LogP contribution in [-0.2, 0) is 0 Å². The Kier molecular flexibility index (Phi) is 3.67. The van der Waals surface area contributed by atoms with Crippen LogP contribution in [0.25, 0.3) is 5.57 Å². The number of halogens is 1. The largest absolute Gasteiger partial charge is 0.344 e. The van der Waals surface area contributed by atoms with Crippen LogP contribution in [0.15, 0.2) is 48.0 Å². The SMILES string of the molecule is CN1CCC(=C2c3ccccc3N(C)c3ccc(Cl)cc32)CC1. The van der Waals surface area contributed by atoms with Gasteiger partial charge < -0.3 is 9.80 Å². The van der Waals surface area contributed by atoms with Gasteiger partial charge in [0.05, 0.1) is 0 Å². The number of benzene rings is 2. The molecule has 1 saturated heterocycles. The summed E-state index contributed by atoms with van der Waals surface area (Å²) in [7, 11) is 4.34. The summed E-state index contributed by atoms with van der Waals surface area (Å²) < 4.78 is 0. The van der Waals surface area contributed by atoms with E-state index < -0.39 is 0 Å². The number of fused-ring (bicyclic) bond motifs is 2. The number of hydrogen-bond acceptors (Lipinski definition) is 2. The molecule has 2 aliphatic heterocycles. The highest BCUT2D eigenvalue weighted by molar-refractivity contribution is 6.31. The van der Waals surface area contributed by atoms with E-state index in [-0.39, 0.29) is 0 Å². The maximum absolute atomic E-state index is 6.33. The Morgan fingerprint density at radius 2 is 1.57 bits per heavy atom. The summed E-state index contributed by atoms with van der Waals surface area (Å²) in [5.41, 5.74) is 8.11. The van der Waals surface area contributed by atoms with Crippen molar-refractivity contribution in [2.45, 2.75) is 12.8 Å². The Labute approximate surface area is 143 Å². The molecule has 1 fully saturated rings. The quantitative estimate of drug-likeness (QED) is 0.676. The number of likely N-dealkylation sites (tertiary alicyclic amines) is 1. The first-order valence-corrected chi connectivity index (χ1v) is 8.56. The molecular weight excluding hydrogens is 304 g/mol. The van der Waals surface area contributed by atoms with Gasteiger partial charge in [-0.3, -0.25) is 0 Å². The summed E-state index contributed by atoms with van der Waals surface area (Å²) in [6.45, 7) is 2.26. The topological polar surface area (TPSA) is 6.48 Å². The van der Waals surface area contributed by atoms with Gasteiger partial charge in [-0.2, -0.15) is 0 Å². The zero-order valence-electron chi connectivity index (χ0n) is 13.6. The maximum Gasteiger partial charge on any atom is 0.0489 e. The van der Waals surface area contributed by atoms with Gasteiger partial charge in [-0.05, 0) is 49.7 Å². The lowest BCUT2D eigenvalue weighted by Crippen LogP contribution is -2.27. The van der Waals surface area contributed by atoms with Crippen molar-refractivity contribution in [3.8, 4) is 0 Å². The number of para-hydroxylation sites is 1. The highest BCUT2D eigenvalue weighted by Crippen LogP contribution is 2.47. The van der Waals surface area contributed by atoms with E-state index in [9.17, 15) is 0 Å². The van der Waals surface area contributed by atoms with E-state index in [4.69, 9.17) is 11.6 Å². The minimum atomic E-state index is 0.808. The van der Waals surface area contributed by atoms with Crippen LogP contribution in [0.5, 0.6) is 0 Å². The number of rotatable bonds is 0. The first kappa shape index (κ1) is 14.8. The molecule has 0 atom stereocenters. The van der Waals surface area contributed by atoms with Gasteiger partial charge in [-0.15, -0.1) is 0 Å². The van der Waals surface area contributed by atoms with Crippen LogP contribution >= 0.6 is 11.6 Å². The van der Waals surface area contributed by atoms with Crippen molar-refractivity contribution in [2.24, 2.45) is 0 Å². The zero-order chi connectivity index (χ0) is 16.0. The maximum atomic E-state index is 6.33. The Hall–Kier alpha value is -1.77. The van der Waals surface area contributed by atoms with Crippen molar-refractivity contribution in [2.75, 3.05) is 32.1 Å². The lowest BCUT2D eigenvalue weighted by atomic mass is 9.84. The summed E-state index contributed by atoms with van der Waals surface area (Å²) >= 11 is 6.33. The molecule has 0 saturated carbocycles. The number of nitrogens with zero attached hydrogens (tertiary/aromatic N) is 2. The standard InChI is InChI=1S/C20H21ClN2/c1-22-11-9-14(10-12-22)20-16-5-3-4-6-18(16)23(2)19-8-7-15(21)13-17(19)20/h3-8,13H,9-12H2,1-2H3. The Morgan fingerprint density at radius 3 is 2.35 bits per heavy atom. The predicted octanol–water partition coefficient (Wildman–Crippen LogP) is 4.95. The Morgan fingerprint density at radius 1 is 0.870 bits per heavy atom. The van der Waals surface area contributed by atoms with E-state index in [1.54, 1.807) is 5.57 Å². The van der Waals surface area contributed by atoms with Gasteiger partial charge in [0.15, 0.2) is 0 Å². The number of anilines is 2. The molecule has 2 heterocycles. The smallest absolute Gasteiger partial charge is 0.0489 e. The highest BCUT2D eigenvalue weighted by atomic mass is 35.5. The van der Waals surface area contributed by atoms with Gasteiger partial charge >= 0.3 is 0 Å². The molecule has 0 N–H and O–H groups in total. The third-order valence-electron chi connectivity index (χ3n) is 5.07. The molecule has 0 radical (unpaired) electrons. The Balaban J connectivity index is 1.97. The minimum Gasteiger partial charge on any atom is -0.344 e. The fraction of sp³-hybridized carbons (Fsp3) is 0.300. The van der Waals surface area contributed by atoms with E-state index in [2.05, 4.69) is 60.3 Å². The molecule has 23 heavy (non-hydrogen) atoms. The summed E-state index contributed by atoms with van der Waals surface area (Å²) in [5, 5.41) is 0.808. The molecule has 0 unspecified atom stereocenters. The van der Waals surface area contributed by atoms with Gasteiger partial charge in [0.25, 0.3) is 0 Å². The summed E-state index contributed by atoms with van der Waals surface area (Å²) in [4.78, 5) is 4.68. The third kappa shape index (κ3) is 2.46. The number of hydrogen-bond donors (Lipinski definition) is 0. The average Bonchev–Trinajstić information content (AvgIpc) is 2.56. The van der Waals surface area contributed by atoms with Crippen molar-refractivity contribution >= 4 is 28.5 Å². The molecule has 2 nitrogen and oxygen atoms in total. The van der Waals surface area contributed by atoms with Crippen LogP contribution in [0.4, 0.5) is 11.4 Å². The van der Waals surface area contributed by atoms with Crippen molar-refractivity contribution in [1.29, 1.82) is 0 Å². The van der Waals surface area contributed by atoms with Gasteiger partial charge in [-0.25, -0.2) is 0 Å². The van der Waals surface area contributed by atoms with Gasteiger partial charge in [0.2, 0.25) is 0 Å². The molecule has 3 heteroatoms. The van der Waals surface area contributed by atoms with E-state index >= 15 is 0 Å². The predicted molar refractivity (Wildman–Crippen MR) is 98.7 cm³/mol. The van der Waals surface area contributed by atoms with Gasteiger partial charge in [-0.1, -0.05) is 35.4 Å². The first-order valence-electron chi connectivity index (χ1n) is 8.19. The second-order valence-electron chi connectivity index (χ2n) is 6.52. The minimum absolute atomic E-state index is 0.808. The summed E-state index contributed by atoms with van der Waals surface area (Å²) in [5.74, 6) is 0.